The summed E-state index contributed by atoms with van der Waals surface area (Å²) in [5.41, 5.74) is 3.57. The van der Waals surface area contributed by atoms with Crippen molar-refractivity contribution in [2.24, 2.45) is 0 Å². The molecular weight excluding hydrogens is 344 g/mol. The van der Waals surface area contributed by atoms with Crippen LogP contribution in [0.5, 0.6) is 23.0 Å². The highest BCUT2D eigenvalue weighted by atomic mass is 16.7. The van der Waals surface area contributed by atoms with Gasteiger partial charge in [-0.2, -0.15) is 0 Å². The third-order valence-corrected chi connectivity index (χ3v) is 5.98. The van der Waals surface area contributed by atoms with E-state index < -0.39 is 0 Å². The number of hydrogen-bond acceptors (Lipinski definition) is 5. The van der Waals surface area contributed by atoms with E-state index in [1.54, 1.807) is 14.2 Å². The van der Waals surface area contributed by atoms with Crippen LogP contribution in [0.1, 0.15) is 54.4 Å². The molecule has 0 unspecified atom stereocenters. The second-order valence-corrected chi connectivity index (χ2v) is 7.39. The average molecular weight is 368 g/mol. The minimum atomic E-state index is -0.145. The Bertz CT molecular complexity index is 862. The molecule has 27 heavy (non-hydrogen) atoms. The molecule has 0 bridgehead atoms. The van der Waals surface area contributed by atoms with Crippen LogP contribution < -0.4 is 18.9 Å². The van der Waals surface area contributed by atoms with Crippen LogP contribution in [0.2, 0.25) is 0 Å². The van der Waals surface area contributed by atoms with Gasteiger partial charge in [-0.25, -0.2) is 0 Å². The summed E-state index contributed by atoms with van der Waals surface area (Å²) in [4.78, 5) is 0. The van der Waals surface area contributed by atoms with Gasteiger partial charge < -0.3 is 23.7 Å². The molecule has 3 aliphatic rings. The molecule has 2 aromatic carbocycles. The fourth-order valence-electron chi connectivity index (χ4n) is 4.66. The molecule has 0 spiro atoms. The highest BCUT2D eigenvalue weighted by Crippen LogP contribution is 2.50. The molecule has 5 heteroatoms. The molecule has 142 valence electrons. The van der Waals surface area contributed by atoms with Crippen LogP contribution in [0.4, 0.5) is 0 Å². The van der Waals surface area contributed by atoms with E-state index >= 15 is 0 Å². The van der Waals surface area contributed by atoms with E-state index in [4.69, 9.17) is 23.7 Å². The van der Waals surface area contributed by atoms with Gasteiger partial charge in [-0.3, -0.25) is 0 Å². The van der Waals surface area contributed by atoms with Gasteiger partial charge in [0.05, 0.1) is 20.3 Å². The Kier molecular flexibility index (Phi) is 4.12. The van der Waals surface area contributed by atoms with Crippen molar-refractivity contribution in [1.82, 2.24) is 0 Å². The van der Waals surface area contributed by atoms with Gasteiger partial charge in [0.1, 0.15) is 6.10 Å². The predicted octanol–water partition coefficient (Wildman–Crippen LogP) is 4.58. The van der Waals surface area contributed by atoms with Crippen molar-refractivity contribution in [3.05, 3.63) is 47.0 Å². The summed E-state index contributed by atoms with van der Waals surface area (Å²) >= 11 is 0. The first-order valence-corrected chi connectivity index (χ1v) is 9.59. The Morgan fingerprint density at radius 2 is 1.59 bits per heavy atom. The van der Waals surface area contributed by atoms with E-state index in [1.807, 2.05) is 12.1 Å². The van der Waals surface area contributed by atoms with E-state index in [1.165, 1.54) is 18.4 Å². The molecule has 1 fully saturated rings. The molecule has 1 saturated carbocycles. The number of ether oxygens (including phenoxy) is 5. The molecule has 1 aliphatic carbocycles. The van der Waals surface area contributed by atoms with Crippen LogP contribution in [0, 0.1) is 0 Å². The number of benzene rings is 2. The SMILES string of the molecule is COc1cc2c(cc1OC)[C@@H]1CCCC[C@@H]1O[C@@H]2c1ccc2c(c1)OCO2. The molecule has 0 amide bonds. The molecule has 0 radical (unpaired) electrons. The van der Waals surface area contributed by atoms with E-state index in [-0.39, 0.29) is 19.0 Å². The highest BCUT2D eigenvalue weighted by Gasteiger charge is 2.39. The third kappa shape index (κ3) is 2.72. The topological polar surface area (TPSA) is 46.2 Å². The first-order valence-electron chi connectivity index (χ1n) is 9.59. The lowest BCUT2D eigenvalue weighted by atomic mass is 9.76. The Balaban J connectivity index is 1.64. The summed E-state index contributed by atoms with van der Waals surface area (Å²) in [6.07, 6.45) is 4.80. The summed E-state index contributed by atoms with van der Waals surface area (Å²) in [6, 6.07) is 10.3. The molecular formula is C22H24O5. The lowest BCUT2D eigenvalue weighted by molar-refractivity contribution is -0.0391. The zero-order chi connectivity index (χ0) is 18.4. The first kappa shape index (κ1) is 16.8. The van der Waals surface area contributed by atoms with Gasteiger partial charge >= 0.3 is 0 Å². The highest BCUT2D eigenvalue weighted by molar-refractivity contribution is 5.54. The normalized spacial score (nSPS) is 25.5. The Labute approximate surface area is 159 Å². The van der Waals surface area contributed by atoms with Crippen LogP contribution >= 0.6 is 0 Å². The molecule has 2 aromatic rings. The summed E-state index contributed by atoms with van der Waals surface area (Å²) in [5.74, 6) is 3.51. The van der Waals surface area contributed by atoms with Gasteiger partial charge in [0.2, 0.25) is 6.79 Å². The van der Waals surface area contributed by atoms with Crippen molar-refractivity contribution in [3.8, 4) is 23.0 Å². The van der Waals surface area contributed by atoms with Crippen LogP contribution in [-0.2, 0) is 4.74 Å². The van der Waals surface area contributed by atoms with Crippen molar-refractivity contribution in [3.63, 3.8) is 0 Å². The second kappa shape index (κ2) is 6.64. The molecule has 5 rings (SSSR count). The summed E-state index contributed by atoms with van der Waals surface area (Å²) < 4.78 is 28.8. The standard InChI is InChI=1S/C22H24O5/c1-23-19-10-15-14-5-3-4-6-17(14)27-22(16(15)11-20(19)24-2)13-7-8-18-21(9-13)26-12-25-18/h7-11,14,17,22H,3-6,12H2,1-2H3/t14-,17-,22+/m0/s1. The lowest BCUT2D eigenvalue weighted by Gasteiger charge is -2.41. The van der Waals surface area contributed by atoms with Crippen LogP contribution in [0.3, 0.4) is 0 Å². The third-order valence-electron chi connectivity index (χ3n) is 5.98. The Hall–Kier alpha value is -2.40. The zero-order valence-electron chi connectivity index (χ0n) is 15.7. The maximum absolute atomic E-state index is 6.64. The van der Waals surface area contributed by atoms with Gasteiger partial charge in [-0.05, 0) is 53.8 Å². The Morgan fingerprint density at radius 3 is 2.41 bits per heavy atom. The van der Waals surface area contributed by atoms with Crippen molar-refractivity contribution in [1.29, 1.82) is 0 Å². The molecule has 3 atom stereocenters. The fraction of sp³-hybridized carbons (Fsp3) is 0.455. The predicted molar refractivity (Wildman–Crippen MR) is 100 cm³/mol. The number of rotatable bonds is 3. The van der Waals surface area contributed by atoms with Gasteiger partial charge in [0, 0.05) is 5.92 Å². The Morgan fingerprint density at radius 1 is 0.852 bits per heavy atom. The maximum Gasteiger partial charge on any atom is 0.231 e. The van der Waals surface area contributed by atoms with Crippen LogP contribution in [-0.4, -0.2) is 27.1 Å². The number of hydrogen-bond donors (Lipinski definition) is 0. The average Bonchev–Trinajstić information content (AvgIpc) is 3.20. The van der Waals surface area contributed by atoms with E-state index in [0.29, 0.717) is 5.92 Å². The summed E-state index contributed by atoms with van der Waals surface area (Å²) in [6.45, 7) is 0.274. The van der Waals surface area contributed by atoms with Crippen LogP contribution in [0.15, 0.2) is 30.3 Å². The lowest BCUT2D eigenvalue weighted by Crippen LogP contribution is -2.33. The largest absolute Gasteiger partial charge is 0.493 e. The quantitative estimate of drug-likeness (QED) is 0.794. The summed E-state index contributed by atoms with van der Waals surface area (Å²) in [5, 5.41) is 0. The molecule has 0 saturated heterocycles. The van der Waals surface area contributed by atoms with Gasteiger partial charge in [-0.1, -0.05) is 18.9 Å². The first-order chi connectivity index (χ1) is 13.3. The zero-order valence-corrected chi connectivity index (χ0v) is 15.7. The van der Waals surface area contributed by atoms with Crippen molar-refractivity contribution in [2.75, 3.05) is 21.0 Å². The van der Waals surface area contributed by atoms with Crippen molar-refractivity contribution >= 4 is 0 Å². The van der Waals surface area contributed by atoms with Crippen molar-refractivity contribution < 1.29 is 23.7 Å². The van der Waals surface area contributed by atoms with Gasteiger partial charge in [0.15, 0.2) is 23.0 Å². The smallest absolute Gasteiger partial charge is 0.231 e. The monoisotopic (exact) mass is 368 g/mol. The van der Waals surface area contributed by atoms with E-state index in [0.717, 1.165) is 47.0 Å². The van der Waals surface area contributed by atoms with E-state index in [9.17, 15) is 0 Å². The molecule has 2 aliphatic heterocycles. The van der Waals surface area contributed by atoms with Gasteiger partial charge in [-0.15, -0.1) is 0 Å². The fourth-order valence-corrected chi connectivity index (χ4v) is 4.66. The number of fused-ring (bicyclic) bond motifs is 4. The number of methoxy groups -OCH3 is 2. The van der Waals surface area contributed by atoms with Crippen molar-refractivity contribution in [2.45, 2.75) is 43.8 Å². The molecule has 0 aromatic heterocycles. The van der Waals surface area contributed by atoms with E-state index in [2.05, 4.69) is 18.2 Å². The minimum Gasteiger partial charge on any atom is -0.493 e. The second-order valence-electron chi connectivity index (χ2n) is 7.39. The van der Waals surface area contributed by atoms with Crippen LogP contribution in [0.25, 0.3) is 0 Å². The maximum atomic E-state index is 6.64. The minimum absolute atomic E-state index is 0.145. The molecule has 5 nitrogen and oxygen atoms in total. The van der Waals surface area contributed by atoms with Gasteiger partial charge in [0.25, 0.3) is 0 Å². The molecule has 0 N–H and O–H groups in total. The molecule has 2 heterocycles. The summed E-state index contributed by atoms with van der Waals surface area (Å²) in [7, 11) is 3.37.